The Labute approximate surface area is 197 Å². The minimum absolute atomic E-state index is 0.258. The van der Waals surface area contributed by atoms with Gasteiger partial charge in [-0.1, -0.05) is 12.1 Å². The fourth-order valence-corrected chi connectivity index (χ4v) is 4.39. The van der Waals surface area contributed by atoms with Crippen LogP contribution in [0.4, 0.5) is 15.8 Å². The number of nitrogens with one attached hydrogen (secondary N) is 1. The number of halogens is 1. The molecule has 3 aromatic rings. The summed E-state index contributed by atoms with van der Waals surface area (Å²) >= 11 is 0. The van der Waals surface area contributed by atoms with Gasteiger partial charge in [0.25, 0.3) is 0 Å². The van der Waals surface area contributed by atoms with Gasteiger partial charge < -0.3 is 9.88 Å². The lowest BCUT2D eigenvalue weighted by Crippen LogP contribution is -2.22. The highest BCUT2D eigenvalue weighted by molar-refractivity contribution is 5.84. The van der Waals surface area contributed by atoms with Crippen molar-refractivity contribution in [3.05, 3.63) is 95.9 Å². The van der Waals surface area contributed by atoms with Crippen LogP contribution in [0.25, 0.3) is 28.1 Å². The first kappa shape index (κ1) is 20.5. The van der Waals surface area contributed by atoms with Crippen LogP contribution in [-0.4, -0.2) is 20.6 Å². The molecule has 0 bridgehead atoms. The maximum atomic E-state index is 13.7. The van der Waals surface area contributed by atoms with Gasteiger partial charge in [0.15, 0.2) is 0 Å². The smallest absolute Gasteiger partial charge is 0.123 e. The predicted molar refractivity (Wildman–Crippen MR) is 133 cm³/mol. The predicted octanol–water partition coefficient (Wildman–Crippen LogP) is 6.17. The van der Waals surface area contributed by atoms with Gasteiger partial charge in [0.05, 0.1) is 50.9 Å². The first-order valence-corrected chi connectivity index (χ1v) is 11.6. The van der Waals surface area contributed by atoms with Crippen molar-refractivity contribution >= 4 is 22.4 Å². The summed E-state index contributed by atoms with van der Waals surface area (Å²) in [7, 11) is 0. The molecule has 2 heterocycles. The Balaban J connectivity index is 1.64. The fraction of sp³-hybridized carbons (Fsp3) is 0.179. The molecule has 168 valence electrons. The third-order valence-electron chi connectivity index (χ3n) is 6.45. The van der Waals surface area contributed by atoms with Crippen molar-refractivity contribution in [2.24, 2.45) is 4.99 Å². The van der Waals surface area contributed by atoms with E-state index in [0.29, 0.717) is 6.04 Å². The molecule has 0 amide bonds. The van der Waals surface area contributed by atoms with E-state index in [4.69, 9.17) is 9.98 Å². The van der Waals surface area contributed by atoms with E-state index in [9.17, 15) is 4.39 Å². The Morgan fingerprint density at radius 1 is 0.971 bits per heavy atom. The Hall–Kier alpha value is -4.06. The maximum absolute atomic E-state index is 13.7. The van der Waals surface area contributed by atoms with E-state index in [1.54, 1.807) is 18.3 Å². The van der Waals surface area contributed by atoms with E-state index in [0.717, 1.165) is 63.4 Å². The van der Waals surface area contributed by atoms with Gasteiger partial charge in [0.1, 0.15) is 5.82 Å². The van der Waals surface area contributed by atoms with E-state index in [-0.39, 0.29) is 5.82 Å². The Morgan fingerprint density at radius 3 is 2.56 bits per heavy atom. The number of benzene rings is 3. The van der Waals surface area contributed by atoms with Gasteiger partial charge in [0, 0.05) is 11.9 Å². The average molecular weight is 450 g/mol. The van der Waals surface area contributed by atoms with Gasteiger partial charge >= 0.3 is 0 Å². The summed E-state index contributed by atoms with van der Waals surface area (Å²) in [5.74, 6) is -0.258. The number of fused-ring (bicyclic) bond motifs is 2. The SMILES string of the molecule is Cc1ncccc1Nc1cc2nc3ccccc3n(-c3ccc(F)cc3)c-2c/c1=N\C1CCC1. The second kappa shape index (κ2) is 8.37. The zero-order valence-corrected chi connectivity index (χ0v) is 18.9. The fourth-order valence-electron chi connectivity index (χ4n) is 4.39. The van der Waals surface area contributed by atoms with Gasteiger partial charge in [-0.15, -0.1) is 0 Å². The van der Waals surface area contributed by atoms with Gasteiger partial charge in [0.2, 0.25) is 0 Å². The minimum atomic E-state index is -0.258. The number of aromatic nitrogens is 3. The molecule has 2 aliphatic carbocycles. The van der Waals surface area contributed by atoms with Crippen molar-refractivity contribution in [2.45, 2.75) is 32.2 Å². The summed E-state index contributed by atoms with van der Waals surface area (Å²) in [4.78, 5) is 14.5. The van der Waals surface area contributed by atoms with Crippen LogP contribution in [0.3, 0.4) is 0 Å². The second-order valence-electron chi connectivity index (χ2n) is 8.75. The van der Waals surface area contributed by atoms with E-state index < -0.39 is 0 Å². The van der Waals surface area contributed by atoms with Crippen LogP contribution >= 0.6 is 0 Å². The molecular weight excluding hydrogens is 425 g/mol. The van der Waals surface area contributed by atoms with E-state index >= 15 is 0 Å². The van der Waals surface area contributed by atoms with E-state index in [1.165, 1.54) is 18.6 Å². The highest BCUT2D eigenvalue weighted by Crippen LogP contribution is 2.31. The van der Waals surface area contributed by atoms with Crippen LogP contribution in [0, 0.1) is 12.7 Å². The number of nitrogens with zero attached hydrogens (tertiary/aromatic N) is 4. The monoisotopic (exact) mass is 449 g/mol. The lowest BCUT2D eigenvalue weighted by Gasteiger charge is -2.23. The zero-order valence-electron chi connectivity index (χ0n) is 18.9. The largest absolute Gasteiger partial charge is 0.352 e. The zero-order chi connectivity index (χ0) is 23.1. The number of aryl methyl sites for hydroxylation is 1. The Kier molecular flexibility index (Phi) is 5.06. The van der Waals surface area contributed by atoms with Crippen LogP contribution in [-0.2, 0) is 0 Å². The maximum Gasteiger partial charge on any atom is 0.123 e. The van der Waals surface area contributed by atoms with Crippen molar-refractivity contribution in [1.29, 1.82) is 0 Å². The average Bonchev–Trinajstić information content (AvgIpc) is 2.82. The van der Waals surface area contributed by atoms with Crippen molar-refractivity contribution in [3.63, 3.8) is 0 Å². The molecule has 6 heteroatoms. The number of pyridine rings is 1. The topological polar surface area (TPSA) is 55.1 Å². The molecule has 1 fully saturated rings. The molecule has 0 spiro atoms. The molecule has 1 aromatic heterocycles. The molecule has 0 unspecified atom stereocenters. The lowest BCUT2D eigenvalue weighted by molar-refractivity contribution is 0.413. The first-order chi connectivity index (χ1) is 16.7. The Bertz CT molecular complexity index is 1530. The summed E-state index contributed by atoms with van der Waals surface area (Å²) in [6, 6.07) is 23.0. The Morgan fingerprint density at radius 2 is 1.79 bits per heavy atom. The highest BCUT2D eigenvalue weighted by atomic mass is 19.1. The lowest BCUT2D eigenvalue weighted by atomic mass is 9.94. The minimum Gasteiger partial charge on any atom is -0.352 e. The number of para-hydroxylation sites is 2. The van der Waals surface area contributed by atoms with Gasteiger partial charge in [-0.25, -0.2) is 9.37 Å². The van der Waals surface area contributed by atoms with E-state index in [2.05, 4.69) is 27.0 Å². The molecule has 5 nitrogen and oxygen atoms in total. The molecule has 1 saturated carbocycles. The molecule has 1 aliphatic heterocycles. The molecule has 3 aliphatic rings. The van der Waals surface area contributed by atoms with Gasteiger partial charge in [-0.3, -0.25) is 9.98 Å². The van der Waals surface area contributed by atoms with Crippen molar-refractivity contribution in [3.8, 4) is 17.1 Å². The van der Waals surface area contributed by atoms with Crippen molar-refractivity contribution < 1.29 is 4.39 Å². The second-order valence-corrected chi connectivity index (χ2v) is 8.75. The van der Waals surface area contributed by atoms with Crippen molar-refractivity contribution in [2.75, 3.05) is 5.32 Å². The van der Waals surface area contributed by atoms with Crippen molar-refractivity contribution in [1.82, 2.24) is 14.5 Å². The number of anilines is 2. The summed E-state index contributed by atoms with van der Waals surface area (Å²) in [5, 5.41) is 4.44. The number of hydrogen-bond donors (Lipinski definition) is 1. The molecule has 2 aromatic carbocycles. The number of hydrogen-bond acceptors (Lipinski definition) is 4. The molecule has 0 radical (unpaired) electrons. The van der Waals surface area contributed by atoms with E-state index in [1.807, 2.05) is 43.3 Å². The molecule has 6 rings (SSSR count). The number of rotatable bonds is 4. The third-order valence-corrected chi connectivity index (χ3v) is 6.45. The van der Waals surface area contributed by atoms with Crippen LogP contribution in [0.5, 0.6) is 0 Å². The third kappa shape index (κ3) is 3.71. The normalized spacial score (nSPS) is 14.5. The first-order valence-electron chi connectivity index (χ1n) is 11.6. The molecule has 1 N–H and O–H groups in total. The summed E-state index contributed by atoms with van der Waals surface area (Å²) in [6.45, 7) is 1.99. The quantitative estimate of drug-likeness (QED) is 0.334. The van der Waals surface area contributed by atoms with Gasteiger partial charge in [-0.2, -0.15) is 0 Å². The van der Waals surface area contributed by atoms with Crippen LogP contribution < -0.4 is 10.7 Å². The summed E-state index contributed by atoms with van der Waals surface area (Å²) in [5.41, 5.74) is 7.24. The van der Waals surface area contributed by atoms with Crippen LogP contribution in [0.15, 0.2) is 84.0 Å². The van der Waals surface area contributed by atoms with Crippen LogP contribution in [0.2, 0.25) is 0 Å². The molecule has 0 atom stereocenters. The standard InChI is InChI=1S/C28H24FN5/c1-18-22(9-5-15-30-18)32-24-16-26-28(17-25(24)31-20-6-4-7-20)34(21-13-11-19(29)12-14-21)27-10-3-2-8-23(27)33-26/h2-3,5,8-17,20,32H,4,6-7H2,1H3/b31-25+. The molecule has 34 heavy (non-hydrogen) atoms. The molecule has 0 saturated heterocycles. The highest BCUT2D eigenvalue weighted by Gasteiger charge is 2.19. The summed E-state index contributed by atoms with van der Waals surface area (Å²) in [6.07, 6.45) is 5.22. The molecular formula is C28H24FN5. The summed E-state index contributed by atoms with van der Waals surface area (Å²) < 4.78 is 15.9. The van der Waals surface area contributed by atoms with Gasteiger partial charge in [-0.05, 0) is 86.8 Å². The van der Waals surface area contributed by atoms with Crippen LogP contribution in [0.1, 0.15) is 25.0 Å².